The molecule has 0 spiro atoms. The molecule has 7 nitrogen and oxygen atoms in total. The van der Waals surface area contributed by atoms with Gasteiger partial charge in [-0.3, -0.25) is 9.69 Å². The van der Waals surface area contributed by atoms with Crippen LogP contribution in [0.3, 0.4) is 0 Å². The molecule has 2 aliphatic rings. The van der Waals surface area contributed by atoms with Crippen molar-refractivity contribution in [2.24, 2.45) is 11.8 Å². The lowest BCUT2D eigenvalue weighted by Crippen LogP contribution is -2.44. The number of nitrogens with one attached hydrogen (secondary N) is 1. The molecule has 1 saturated carbocycles. The number of benzene rings is 1. The lowest BCUT2D eigenvalue weighted by Gasteiger charge is -2.41. The van der Waals surface area contributed by atoms with Gasteiger partial charge in [-0.05, 0) is 49.4 Å². The number of fused-ring (bicyclic) bond motifs is 1. The van der Waals surface area contributed by atoms with Crippen LogP contribution in [0.2, 0.25) is 0 Å². The Labute approximate surface area is 165 Å². The summed E-state index contributed by atoms with van der Waals surface area (Å²) in [6.45, 7) is 2.21. The number of methoxy groups -OCH3 is 2. The van der Waals surface area contributed by atoms with Gasteiger partial charge in [0, 0.05) is 12.2 Å². The summed E-state index contributed by atoms with van der Waals surface area (Å²) in [6.07, 6.45) is 6.36. The quantitative estimate of drug-likeness (QED) is 0.781. The molecular formula is C21H28N2O5. The summed E-state index contributed by atoms with van der Waals surface area (Å²) >= 11 is 0. The minimum Gasteiger partial charge on any atom is -0.465 e. The van der Waals surface area contributed by atoms with E-state index in [1.165, 1.54) is 58.1 Å². The maximum absolute atomic E-state index is 12.6. The molecule has 1 N–H and O–H groups in total. The summed E-state index contributed by atoms with van der Waals surface area (Å²) in [7, 11) is 2.53. The van der Waals surface area contributed by atoms with E-state index in [-0.39, 0.29) is 17.0 Å². The second-order valence-electron chi connectivity index (χ2n) is 7.66. The van der Waals surface area contributed by atoms with Crippen LogP contribution in [0.4, 0.5) is 5.69 Å². The molecule has 3 rings (SSSR count). The Morgan fingerprint density at radius 1 is 0.964 bits per heavy atom. The normalized spacial score (nSPS) is 22.1. The van der Waals surface area contributed by atoms with Crippen molar-refractivity contribution in [1.82, 2.24) is 4.90 Å². The predicted octanol–water partition coefficient (Wildman–Crippen LogP) is 2.71. The Morgan fingerprint density at radius 3 is 2.18 bits per heavy atom. The minimum atomic E-state index is -0.583. The molecule has 1 heterocycles. The molecule has 0 aromatic heterocycles. The molecule has 1 saturated heterocycles. The van der Waals surface area contributed by atoms with Crippen molar-refractivity contribution < 1.29 is 23.9 Å². The highest BCUT2D eigenvalue weighted by Crippen LogP contribution is 2.35. The zero-order chi connectivity index (χ0) is 20.1. The van der Waals surface area contributed by atoms with Crippen LogP contribution in [-0.4, -0.2) is 56.6 Å². The van der Waals surface area contributed by atoms with Gasteiger partial charge in [0.25, 0.3) is 0 Å². The van der Waals surface area contributed by atoms with Crippen molar-refractivity contribution in [3.05, 3.63) is 29.3 Å². The number of likely N-dealkylation sites (tertiary alicyclic amines) is 1. The first-order valence-corrected chi connectivity index (χ1v) is 9.84. The molecule has 1 aromatic carbocycles. The van der Waals surface area contributed by atoms with Crippen LogP contribution in [0, 0.1) is 11.8 Å². The molecule has 0 unspecified atom stereocenters. The zero-order valence-electron chi connectivity index (χ0n) is 16.5. The van der Waals surface area contributed by atoms with E-state index in [9.17, 15) is 14.4 Å². The third-order valence-electron chi connectivity index (χ3n) is 5.80. The number of esters is 2. The van der Waals surface area contributed by atoms with E-state index in [1.807, 2.05) is 0 Å². The molecule has 28 heavy (non-hydrogen) atoms. The van der Waals surface area contributed by atoms with E-state index in [0.29, 0.717) is 18.2 Å². The van der Waals surface area contributed by atoms with Crippen LogP contribution in [-0.2, 0) is 14.3 Å². The predicted molar refractivity (Wildman–Crippen MR) is 104 cm³/mol. The molecular weight excluding hydrogens is 360 g/mol. The van der Waals surface area contributed by atoms with Crippen molar-refractivity contribution in [2.75, 3.05) is 39.2 Å². The molecule has 0 radical (unpaired) electrons. The highest BCUT2D eigenvalue weighted by Gasteiger charge is 2.31. The third-order valence-corrected chi connectivity index (χ3v) is 5.80. The molecule has 1 aliphatic heterocycles. The van der Waals surface area contributed by atoms with E-state index in [2.05, 4.69) is 10.2 Å². The van der Waals surface area contributed by atoms with Crippen molar-refractivity contribution in [2.45, 2.75) is 32.1 Å². The van der Waals surface area contributed by atoms with E-state index in [0.717, 1.165) is 25.4 Å². The number of hydrogen-bond acceptors (Lipinski definition) is 6. The summed E-state index contributed by atoms with van der Waals surface area (Å²) in [4.78, 5) is 38.5. The Balaban J connectivity index is 1.65. The van der Waals surface area contributed by atoms with Gasteiger partial charge < -0.3 is 14.8 Å². The lowest BCUT2D eigenvalue weighted by molar-refractivity contribution is -0.118. The number of carbonyl (C=O) groups excluding carboxylic acids is 3. The maximum atomic E-state index is 12.6. The number of hydrogen-bond donors (Lipinski definition) is 1. The van der Waals surface area contributed by atoms with Gasteiger partial charge in [0.1, 0.15) is 0 Å². The summed E-state index contributed by atoms with van der Waals surface area (Å²) in [5.74, 6) is 0.185. The van der Waals surface area contributed by atoms with Crippen molar-refractivity contribution in [1.29, 1.82) is 0 Å². The number of anilines is 1. The lowest BCUT2D eigenvalue weighted by atomic mass is 9.75. The topological polar surface area (TPSA) is 84.9 Å². The SMILES string of the molecule is COC(=O)c1cc(NC(=O)CN2CC[C@@H]3CCCC[C@@H]3C2)cc(C(=O)OC)c1. The molecule has 1 aliphatic carbocycles. The monoisotopic (exact) mass is 388 g/mol. The average molecular weight is 388 g/mol. The summed E-state index contributed by atoms with van der Waals surface area (Å²) in [5.41, 5.74) is 0.744. The largest absolute Gasteiger partial charge is 0.465 e. The van der Waals surface area contributed by atoms with Crippen LogP contribution >= 0.6 is 0 Å². The number of rotatable bonds is 5. The van der Waals surface area contributed by atoms with Gasteiger partial charge >= 0.3 is 11.9 Å². The first-order valence-electron chi connectivity index (χ1n) is 9.84. The Hall–Kier alpha value is -2.41. The smallest absolute Gasteiger partial charge is 0.337 e. The molecule has 152 valence electrons. The average Bonchev–Trinajstić information content (AvgIpc) is 2.72. The first kappa shape index (κ1) is 20.3. The number of nitrogens with zero attached hydrogens (tertiary/aromatic N) is 1. The Bertz CT molecular complexity index is 714. The number of amides is 1. The van der Waals surface area contributed by atoms with Gasteiger partial charge in [0.15, 0.2) is 0 Å². The molecule has 2 fully saturated rings. The molecule has 7 heteroatoms. The van der Waals surface area contributed by atoms with Crippen molar-refractivity contribution in [3.63, 3.8) is 0 Å². The van der Waals surface area contributed by atoms with Crippen LogP contribution in [0.15, 0.2) is 18.2 Å². The van der Waals surface area contributed by atoms with E-state index in [1.54, 1.807) is 0 Å². The zero-order valence-corrected chi connectivity index (χ0v) is 16.5. The molecule has 2 atom stereocenters. The van der Waals surface area contributed by atoms with Gasteiger partial charge in [-0.2, -0.15) is 0 Å². The summed E-state index contributed by atoms with van der Waals surface area (Å²) in [5, 5.41) is 2.80. The van der Waals surface area contributed by atoms with Crippen LogP contribution < -0.4 is 5.32 Å². The summed E-state index contributed by atoms with van der Waals surface area (Å²) < 4.78 is 9.45. The van der Waals surface area contributed by atoms with E-state index >= 15 is 0 Å². The molecule has 1 aromatic rings. The van der Waals surface area contributed by atoms with Gasteiger partial charge in [-0.25, -0.2) is 9.59 Å². The Morgan fingerprint density at radius 2 is 1.57 bits per heavy atom. The van der Waals surface area contributed by atoms with Gasteiger partial charge in [-0.1, -0.05) is 19.3 Å². The van der Waals surface area contributed by atoms with Gasteiger partial charge in [0.2, 0.25) is 5.91 Å². The third kappa shape index (κ3) is 4.90. The van der Waals surface area contributed by atoms with Gasteiger partial charge in [0.05, 0.1) is 31.9 Å². The van der Waals surface area contributed by atoms with Crippen LogP contribution in [0.5, 0.6) is 0 Å². The fourth-order valence-corrected chi connectivity index (χ4v) is 4.39. The Kier molecular flexibility index (Phi) is 6.67. The number of carbonyl (C=O) groups is 3. The number of piperidine rings is 1. The van der Waals surface area contributed by atoms with Crippen LogP contribution in [0.1, 0.15) is 52.8 Å². The molecule has 0 bridgehead atoms. The van der Waals surface area contributed by atoms with E-state index in [4.69, 9.17) is 9.47 Å². The van der Waals surface area contributed by atoms with Gasteiger partial charge in [-0.15, -0.1) is 0 Å². The second-order valence-corrected chi connectivity index (χ2v) is 7.66. The minimum absolute atomic E-state index is 0.160. The standard InChI is InChI=1S/C21H28N2O5/c1-27-20(25)16-9-17(21(26)28-2)11-18(10-16)22-19(24)13-23-8-7-14-5-3-4-6-15(14)12-23/h9-11,14-15H,3-8,12-13H2,1-2H3,(H,22,24)/t14-,15+/m0/s1. The fraction of sp³-hybridized carbons (Fsp3) is 0.571. The van der Waals surface area contributed by atoms with E-state index < -0.39 is 11.9 Å². The number of ether oxygens (including phenoxy) is 2. The maximum Gasteiger partial charge on any atom is 0.337 e. The highest BCUT2D eigenvalue weighted by atomic mass is 16.5. The molecule has 1 amide bonds. The summed E-state index contributed by atoms with van der Waals surface area (Å²) in [6, 6.07) is 4.40. The second kappa shape index (κ2) is 9.19. The van der Waals surface area contributed by atoms with Crippen molar-refractivity contribution >= 4 is 23.5 Å². The first-order chi connectivity index (χ1) is 13.5. The van der Waals surface area contributed by atoms with Crippen molar-refractivity contribution in [3.8, 4) is 0 Å². The van der Waals surface area contributed by atoms with Crippen LogP contribution in [0.25, 0.3) is 0 Å². The highest BCUT2D eigenvalue weighted by molar-refractivity contribution is 5.99. The fourth-order valence-electron chi connectivity index (χ4n) is 4.39.